The highest BCUT2D eigenvalue weighted by molar-refractivity contribution is 5.96. The van der Waals surface area contributed by atoms with E-state index < -0.39 is 10.9 Å². The largest absolute Gasteiger partial charge is 0.508 e. The Balaban J connectivity index is 2.28. The number of esters is 1. The van der Waals surface area contributed by atoms with Crippen LogP contribution in [0.3, 0.4) is 0 Å². The van der Waals surface area contributed by atoms with Gasteiger partial charge in [0, 0.05) is 6.54 Å². The van der Waals surface area contributed by atoms with Gasteiger partial charge in [0.1, 0.15) is 17.0 Å². The quantitative estimate of drug-likeness (QED) is 0.500. The molecule has 0 bridgehead atoms. The molecule has 0 amide bonds. The van der Waals surface area contributed by atoms with Crippen molar-refractivity contribution in [3.63, 3.8) is 0 Å². The minimum Gasteiger partial charge on any atom is -0.508 e. The van der Waals surface area contributed by atoms with E-state index in [0.717, 1.165) is 5.56 Å². The average molecular weight is 302 g/mol. The number of methoxy groups -OCH3 is 1. The second-order valence-corrected chi connectivity index (χ2v) is 4.47. The number of carbonyl (C=O) groups excluding carboxylic acids is 1. The van der Waals surface area contributed by atoms with Crippen molar-refractivity contribution < 1.29 is 19.6 Å². The van der Waals surface area contributed by atoms with E-state index in [1.54, 1.807) is 18.2 Å². The zero-order valence-electron chi connectivity index (χ0n) is 11.8. The van der Waals surface area contributed by atoms with E-state index >= 15 is 0 Å². The number of hydrogen-bond acceptors (Lipinski definition) is 6. The molecule has 0 spiro atoms. The molecule has 0 aliphatic carbocycles. The first-order valence-electron chi connectivity index (χ1n) is 6.40. The topological polar surface area (TPSA) is 102 Å². The third-order valence-electron chi connectivity index (χ3n) is 3.04. The van der Waals surface area contributed by atoms with Crippen LogP contribution in [-0.4, -0.2) is 23.1 Å². The monoisotopic (exact) mass is 302 g/mol. The molecule has 0 fully saturated rings. The van der Waals surface area contributed by atoms with Gasteiger partial charge in [-0.15, -0.1) is 0 Å². The van der Waals surface area contributed by atoms with E-state index in [4.69, 9.17) is 0 Å². The summed E-state index contributed by atoms with van der Waals surface area (Å²) in [5.74, 6) is -0.623. The van der Waals surface area contributed by atoms with Gasteiger partial charge >= 0.3 is 11.7 Å². The van der Waals surface area contributed by atoms with Crippen molar-refractivity contribution in [1.82, 2.24) is 0 Å². The van der Waals surface area contributed by atoms with E-state index in [1.165, 1.54) is 31.4 Å². The van der Waals surface area contributed by atoms with Gasteiger partial charge in [0.25, 0.3) is 0 Å². The predicted molar refractivity (Wildman–Crippen MR) is 79.9 cm³/mol. The van der Waals surface area contributed by atoms with Crippen molar-refractivity contribution in [1.29, 1.82) is 0 Å². The van der Waals surface area contributed by atoms with Crippen LogP contribution in [0.25, 0.3) is 0 Å². The highest BCUT2D eigenvalue weighted by atomic mass is 16.6. The molecule has 0 unspecified atom stereocenters. The number of ether oxygens (including phenoxy) is 1. The zero-order chi connectivity index (χ0) is 16.1. The number of rotatable bonds is 5. The zero-order valence-corrected chi connectivity index (χ0v) is 11.8. The Labute approximate surface area is 126 Å². The first-order chi connectivity index (χ1) is 10.5. The predicted octanol–water partition coefficient (Wildman–Crippen LogP) is 2.70. The van der Waals surface area contributed by atoms with Gasteiger partial charge in [-0.05, 0) is 29.8 Å². The molecule has 0 radical (unpaired) electrons. The third kappa shape index (κ3) is 3.32. The fraction of sp³-hybridized carbons (Fsp3) is 0.133. The summed E-state index contributed by atoms with van der Waals surface area (Å²) in [5.41, 5.74) is 0.618. The van der Waals surface area contributed by atoms with E-state index in [0.29, 0.717) is 6.54 Å². The Morgan fingerprint density at radius 2 is 1.95 bits per heavy atom. The van der Waals surface area contributed by atoms with Crippen LogP contribution in [-0.2, 0) is 11.3 Å². The molecule has 0 aliphatic rings. The maximum atomic E-state index is 11.6. The fourth-order valence-electron chi connectivity index (χ4n) is 1.97. The lowest BCUT2D eigenvalue weighted by atomic mass is 10.1. The lowest BCUT2D eigenvalue weighted by molar-refractivity contribution is -0.384. The van der Waals surface area contributed by atoms with Gasteiger partial charge in [0.2, 0.25) is 0 Å². The van der Waals surface area contributed by atoms with Gasteiger partial charge in [-0.1, -0.05) is 18.2 Å². The van der Waals surface area contributed by atoms with Gasteiger partial charge in [0.15, 0.2) is 0 Å². The molecule has 2 aromatic carbocycles. The number of anilines is 1. The van der Waals surface area contributed by atoms with Crippen molar-refractivity contribution in [2.75, 3.05) is 12.4 Å². The second kappa shape index (κ2) is 6.57. The molecule has 7 nitrogen and oxygen atoms in total. The van der Waals surface area contributed by atoms with E-state index in [9.17, 15) is 20.0 Å². The summed E-state index contributed by atoms with van der Waals surface area (Å²) in [4.78, 5) is 22.2. The number of phenols is 1. The standard InChI is InChI=1S/C15H14N2O5/c1-22-15(19)12-3-2-4-13(14(12)17(20)21)16-9-10-5-7-11(18)8-6-10/h2-8,16,18H,9H2,1H3. The lowest BCUT2D eigenvalue weighted by Gasteiger charge is -2.09. The maximum Gasteiger partial charge on any atom is 0.344 e. The van der Waals surface area contributed by atoms with Crippen LogP contribution in [0.5, 0.6) is 5.75 Å². The Morgan fingerprint density at radius 1 is 1.27 bits per heavy atom. The van der Waals surface area contributed by atoms with E-state index in [2.05, 4.69) is 10.1 Å². The minimum atomic E-state index is -0.764. The minimum absolute atomic E-state index is 0.108. The Kier molecular flexibility index (Phi) is 4.57. The summed E-state index contributed by atoms with van der Waals surface area (Å²) < 4.78 is 4.56. The van der Waals surface area contributed by atoms with Gasteiger partial charge in [-0.2, -0.15) is 0 Å². The normalized spacial score (nSPS) is 10.0. The van der Waals surface area contributed by atoms with Gasteiger partial charge in [0.05, 0.1) is 12.0 Å². The number of carbonyl (C=O) groups is 1. The van der Waals surface area contributed by atoms with Crippen LogP contribution in [0.15, 0.2) is 42.5 Å². The van der Waals surface area contributed by atoms with Gasteiger partial charge in [-0.25, -0.2) is 4.79 Å². The lowest BCUT2D eigenvalue weighted by Crippen LogP contribution is -2.09. The Morgan fingerprint density at radius 3 is 2.55 bits per heavy atom. The highest BCUT2D eigenvalue weighted by Gasteiger charge is 2.24. The van der Waals surface area contributed by atoms with Crippen LogP contribution >= 0.6 is 0 Å². The number of nitro groups is 1. The maximum absolute atomic E-state index is 11.6. The summed E-state index contributed by atoms with van der Waals surface area (Å²) in [6.07, 6.45) is 0. The molecule has 2 rings (SSSR count). The number of nitro benzene ring substituents is 1. The number of para-hydroxylation sites is 1. The summed E-state index contributed by atoms with van der Waals surface area (Å²) in [6.45, 7) is 0.311. The molecule has 0 saturated heterocycles. The van der Waals surface area contributed by atoms with Gasteiger partial charge < -0.3 is 15.2 Å². The molecule has 0 heterocycles. The van der Waals surface area contributed by atoms with Crippen molar-refractivity contribution >= 4 is 17.3 Å². The van der Waals surface area contributed by atoms with Crippen molar-refractivity contribution in [3.8, 4) is 5.75 Å². The van der Waals surface area contributed by atoms with Gasteiger partial charge in [-0.3, -0.25) is 10.1 Å². The van der Waals surface area contributed by atoms with E-state index in [-0.39, 0.29) is 22.7 Å². The number of aromatic hydroxyl groups is 1. The second-order valence-electron chi connectivity index (χ2n) is 4.47. The number of nitrogens with zero attached hydrogens (tertiary/aromatic N) is 1. The van der Waals surface area contributed by atoms with E-state index in [1.807, 2.05) is 0 Å². The summed E-state index contributed by atoms with van der Waals surface area (Å²) in [5, 5.41) is 23.4. The fourth-order valence-corrected chi connectivity index (χ4v) is 1.97. The Hall–Kier alpha value is -3.09. The molecule has 2 aromatic rings. The van der Waals surface area contributed by atoms with Crippen molar-refractivity contribution in [2.45, 2.75) is 6.54 Å². The highest BCUT2D eigenvalue weighted by Crippen LogP contribution is 2.29. The number of benzene rings is 2. The molecule has 0 saturated carbocycles. The van der Waals surface area contributed by atoms with Crippen LogP contribution in [0.4, 0.5) is 11.4 Å². The molecular formula is C15H14N2O5. The number of phenolic OH excluding ortho intramolecular Hbond substituents is 1. The molecule has 0 atom stereocenters. The first-order valence-corrected chi connectivity index (χ1v) is 6.40. The van der Waals surface area contributed by atoms with Crippen LogP contribution < -0.4 is 5.32 Å². The SMILES string of the molecule is COC(=O)c1cccc(NCc2ccc(O)cc2)c1[N+](=O)[O-]. The van der Waals surface area contributed by atoms with Crippen LogP contribution in [0, 0.1) is 10.1 Å². The number of hydrogen-bond donors (Lipinski definition) is 2. The molecule has 2 N–H and O–H groups in total. The van der Waals surface area contributed by atoms with Crippen molar-refractivity contribution in [3.05, 3.63) is 63.7 Å². The molecule has 114 valence electrons. The van der Waals surface area contributed by atoms with Crippen molar-refractivity contribution in [2.24, 2.45) is 0 Å². The molecular weight excluding hydrogens is 288 g/mol. The molecule has 0 aliphatic heterocycles. The van der Waals surface area contributed by atoms with Crippen LogP contribution in [0.2, 0.25) is 0 Å². The summed E-state index contributed by atoms with van der Waals surface area (Å²) >= 11 is 0. The number of nitrogens with one attached hydrogen (secondary N) is 1. The summed E-state index contributed by atoms with van der Waals surface area (Å²) in [6, 6.07) is 10.8. The molecule has 7 heteroatoms. The van der Waals surface area contributed by atoms with Crippen LogP contribution in [0.1, 0.15) is 15.9 Å². The molecule has 0 aromatic heterocycles. The first kappa shape index (κ1) is 15.3. The average Bonchev–Trinajstić information content (AvgIpc) is 2.53. The smallest absolute Gasteiger partial charge is 0.344 e. The molecule has 22 heavy (non-hydrogen) atoms. The Bertz CT molecular complexity index is 698. The summed E-state index contributed by atoms with van der Waals surface area (Å²) in [7, 11) is 1.17. The third-order valence-corrected chi connectivity index (χ3v) is 3.04.